The van der Waals surface area contributed by atoms with Crippen molar-refractivity contribution in [3.63, 3.8) is 0 Å². The number of halogens is 2. The van der Waals surface area contributed by atoms with E-state index in [1.807, 2.05) is 29.6 Å². The molecule has 3 unspecified atom stereocenters. The van der Waals surface area contributed by atoms with Crippen LogP contribution < -0.4 is 5.73 Å². The first-order valence-electron chi connectivity index (χ1n) is 6.07. The summed E-state index contributed by atoms with van der Waals surface area (Å²) in [4.78, 5) is 0. The molecule has 2 N–H and O–H groups in total. The van der Waals surface area contributed by atoms with Crippen molar-refractivity contribution >= 4 is 39.5 Å². The third kappa shape index (κ3) is 3.06. The first-order chi connectivity index (χ1) is 8.65. The average molecular weight is 350 g/mol. The summed E-state index contributed by atoms with van der Waals surface area (Å²) in [6, 6.07) is 5.14. The lowest BCUT2D eigenvalue weighted by molar-refractivity contribution is 0.556. The van der Waals surface area contributed by atoms with Gasteiger partial charge in [-0.3, -0.25) is 0 Å². The lowest BCUT2D eigenvalue weighted by Gasteiger charge is -2.34. The van der Waals surface area contributed by atoms with Gasteiger partial charge in [-0.1, -0.05) is 19.1 Å². The van der Waals surface area contributed by atoms with Crippen molar-refractivity contribution in [2.24, 2.45) is 5.73 Å². The van der Waals surface area contributed by atoms with Crippen molar-refractivity contribution in [3.8, 4) is 0 Å². The predicted octanol–water partition coefficient (Wildman–Crippen LogP) is 4.22. The number of nitrogens with two attached hydrogens (primary N) is 1. The summed E-state index contributed by atoms with van der Waals surface area (Å²) in [6.45, 7) is 2.18. The van der Waals surface area contributed by atoms with E-state index in [0.717, 1.165) is 12.2 Å². The Morgan fingerprint density at radius 3 is 2.89 bits per heavy atom. The zero-order valence-electron chi connectivity index (χ0n) is 10.2. The maximum Gasteiger partial charge on any atom is 0.142 e. The molecule has 1 aromatic rings. The minimum absolute atomic E-state index is 0.212. The molecule has 1 nitrogen and oxygen atoms in total. The van der Waals surface area contributed by atoms with Crippen LogP contribution in [-0.2, 0) is 0 Å². The Morgan fingerprint density at radius 1 is 1.44 bits per heavy atom. The number of thioether (sulfide) groups is 2. The predicted molar refractivity (Wildman–Crippen MR) is 83.8 cm³/mol. The normalized spacial score (nSPS) is 26.0. The first-order valence-corrected chi connectivity index (χ1v) is 8.97. The van der Waals surface area contributed by atoms with Gasteiger partial charge in [-0.2, -0.15) is 23.5 Å². The Labute approximate surface area is 125 Å². The van der Waals surface area contributed by atoms with Crippen molar-refractivity contribution in [2.45, 2.75) is 29.9 Å². The second-order valence-electron chi connectivity index (χ2n) is 4.32. The van der Waals surface area contributed by atoms with Crippen LogP contribution in [0, 0.1) is 5.82 Å². The molecule has 3 atom stereocenters. The number of hydrogen-bond acceptors (Lipinski definition) is 3. The van der Waals surface area contributed by atoms with Crippen molar-refractivity contribution in [1.82, 2.24) is 0 Å². The molecule has 0 radical (unpaired) electrons. The average Bonchev–Trinajstić information content (AvgIpc) is 2.41. The highest BCUT2D eigenvalue weighted by molar-refractivity contribution is 9.10. The summed E-state index contributed by atoms with van der Waals surface area (Å²) in [5.74, 6) is 2.07. The maximum absolute atomic E-state index is 14.1. The monoisotopic (exact) mass is 349 g/mol. The maximum atomic E-state index is 14.1. The van der Waals surface area contributed by atoms with Crippen LogP contribution in [-0.4, -0.2) is 22.0 Å². The zero-order chi connectivity index (χ0) is 13.1. The van der Waals surface area contributed by atoms with Gasteiger partial charge in [-0.25, -0.2) is 4.39 Å². The molecule has 0 saturated carbocycles. The van der Waals surface area contributed by atoms with E-state index in [9.17, 15) is 4.39 Å². The summed E-state index contributed by atoms with van der Waals surface area (Å²) < 4.78 is 14.6. The summed E-state index contributed by atoms with van der Waals surface area (Å²) in [5.41, 5.74) is 6.94. The minimum atomic E-state index is -0.231. The highest BCUT2D eigenvalue weighted by Crippen LogP contribution is 2.40. The Morgan fingerprint density at radius 2 is 2.17 bits per heavy atom. The topological polar surface area (TPSA) is 26.0 Å². The standard InChI is InChI=1S/C13H17BrFNS2/c1-2-10-13(18-7-6-17-10)12(16)8-4-3-5-9(14)11(8)15/h3-5,10,12-13H,2,6-7,16H2,1H3. The Balaban J connectivity index is 2.23. The van der Waals surface area contributed by atoms with Crippen LogP contribution in [0.25, 0.3) is 0 Å². The molecule has 1 fully saturated rings. The minimum Gasteiger partial charge on any atom is -0.323 e. The lowest BCUT2D eigenvalue weighted by atomic mass is 10.0. The van der Waals surface area contributed by atoms with Gasteiger partial charge >= 0.3 is 0 Å². The SMILES string of the molecule is CCC1SCCSC1C(N)c1cccc(Br)c1F. The second kappa shape index (κ2) is 6.64. The van der Waals surface area contributed by atoms with Gasteiger partial charge in [0.1, 0.15) is 5.82 Å². The molecule has 1 aliphatic heterocycles. The number of benzene rings is 1. The fourth-order valence-corrected chi connectivity index (χ4v) is 5.78. The number of hydrogen-bond donors (Lipinski definition) is 1. The van der Waals surface area contributed by atoms with E-state index in [2.05, 4.69) is 22.9 Å². The van der Waals surface area contributed by atoms with E-state index in [1.165, 1.54) is 5.75 Å². The molecular formula is C13H17BrFNS2. The molecule has 0 amide bonds. The van der Waals surface area contributed by atoms with Gasteiger partial charge in [0.25, 0.3) is 0 Å². The third-order valence-corrected chi connectivity index (χ3v) is 7.17. The van der Waals surface area contributed by atoms with Crippen LogP contribution in [0.1, 0.15) is 24.9 Å². The molecule has 0 spiro atoms. The smallest absolute Gasteiger partial charge is 0.142 e. The van der Waals surface area contributed by atoms with E-state index in [0.29, 0.717) is 20.5 Å². The molecular weight excluding hydrogens is 333 g/mol. The van der Waals surface area contributed by atoms with Crippen LogP contribution in [0.5, 0.6) is 0 Å². The van der Waals surface area contributed by atoms with E-state index in [4.69, 9.17) is 5.73 Å². The summed E-state index contributed by atoms with van der Waals surface area (Å²) in [6.07, 6.45) is 1.09. The van der Waals surface area contributed by atoms with Gasteiger partial charge in [-0.05, 0) is 28.4 Å². The van der Waals surface area contributed by atoms with Crippen LogP contribution in [0.2, 0.25) is 0 Å². The van der Waals surface area contributed by atoms with Crippen LogP contribution >= 0.6 is 39.5 Å². The van der Waals surface area contributed by atoms with Crippen molar-refractivity contribution in [1.29, 1.82) is 0 Å². The molecule has 1 saturated heterocycles. The van der Waals surface area contributed by atoms with E-state index in [-0.39, 0.29) is 11.9 Å². The first kappa shape index (κ1) is 14.7. The van der Waals surface area contributed by atoms with E-state index < -0.39 is 0 Å². The lowest BCUT2D eigenvalue weighted by Crippen LogP contribution is -2.36. The van der Waals surface area contributed by atoms with E-state index >= 15 is 0 Å². The summed E-state index contributed by atoms with van der Waals surface area (Å²) in [7, 11) is 0. The van der Waals surface area contributed by atoms with Crippen LogP contribution in [0.4, 0.5) is 4.39 Å². The molecule has 5 heteroatoms. The van der Waals surface area contributed by atoms with Crippen molar-refractivity contribution in [3.05, 3.63) is 34.1 Å². The summed E-state index contributed by atoms with van der Waals surface area (Å²) >= 11 is 7.08. The molecule has 0 aromatic heterocycles. The van der Waals surface area contributed by atoms with Crippen molar-refractivity contribution < 1.29 is 4.39 Å². The Kier molecular flexibility index (Phi) is 5.42. The molecule has 1 aliphatic rings. The van der Waals surface area contributed by atoms with E-state index in [1.54, 1.807) is 12.1 Å². The summed E-state index contributed by atoms with van der Waals surface area (Å²) in [5, 5.41) is 0.828. The molecule has 1 aromatic carbocycles. The molecule has 100 valence electrons. The highest BCUT2D eigenvalue weighted by Gasteiger charge is 2.32. The van der Waals surface area contributed by atoms with Crippen LogP contribution in [0.3, 0.4) is 0 Å². The molecule has 0 bridgehead atoms. The van der Waals surface area contributed by atoms with Crippen LogP contribution in [0.15, 0.2) is 22.7 Å². The molecule has 0 aliphatic carbocycles. The second-order valence-corrected chi connectivity index (χ2v) is 7.81. The molecule has 18 heavy (non-hydrogen) atoms. The highest BCUT2D eigenvalue weighted by atomic mass is 79.9. The zero-order valence-corrected chi connectivity index (χ0v) is 13.5. The fraction of sp³-hybridized carbons (Fsp3) is 0.538. The fourth-order valence-electron chi connectivity index (χ4n) is 2.23. The Bertz CT molecular complexity index is 416. The molecule has 1 heterocycles. The third-order valence-electron chi connectivity index (χ3n) is 3.19. The van der Waals surface area contributed by atoms with Gasteiger partial charge in [-0.15, -0.1) is 0 Å². The quantitative estimate of drug-likeness (QED) is 0.884. The van der Waals surface area contributed by atoms with Gasteiger partial charge in [0, 0.05) is 33.6 Å². The van der Waals surface area contributed by atoms with Gasteiger partial charge in [0.05, 0.1) is 4.47 Å². The Hall–Kier alpha value is 0.290. The number of rotatable bonds is 3. The molecule has 2 rings (SSSR count). The van der Waals surface area contributed by atoms with Gasteiger partial charge in [0.2, 0.25) is 0 Å². The van der Waals surface area contributed by atoms with Gasteiger partial charge in [0.15, 0.2) is 0 Å². The van der Waals surface area contributed by atoms with Gasteiger partial charge < -0.3 is 5.73 Å². The van der Waals surface area contributed by atoms with Crippen molar-refractivity contribution in [2.75, 3.05) is 11.5 Å². The largest absolute Gasteiger partial charge is 0.323 e.